The van der Waals surface area contributed by atoms with Crippen LogP contribution in [0.15, 0.2) is 53.4 Å². The summed E-state index contributed by atoms with van der Waals surface area (Å²) < 4.78 is 34.3. The molecule has 0 saturated heterocycles. The van der Waals surface area contributed by atoms with Crippen LogP contribution in [0.3, 0.4) is 0 Å². The number of carbonyl (C=O) groups excluding carboxylic acids is 1. The van der Waals surface area contributed by atoms with Crippen molar-refractivity contribution in [2.24, 2.45) is 11.8 Å². The number of sulfonamides is 1. The Morgan fingerprint density at radius 3 is 2.20 bits per heavy atom. The molecule has 2 fully saturated rings. The van der Waals surface area contributed by atoms with Gasteiger partial charge in [0.1, 0.15) is 5.75 Å². The average Bonchev–Trinajstić information content (AvgIpc) is 3.61. The molecular formula is C23H28N2O4S. The number of hydrogen-bond donors (Lipinski definition) is 2. The summed E-state index contributed by atoms with van der Waals surface area (Å²) in [6.45, 7) is 3.90. The third-order valence-electron chi connectivity index (χ3n) is 5.44. The van der Waals surface area contributed by atoms with Crippen molar-refractivity contribution in [1.82, 2.24) is 4.72 Å². The molecule has 0 aliphatic heterocycles. The Hall–Kier alpha value is -2.38. The number of rotatable bonds is 9. The summed E-state index contributed by atoms with van der Waals surface area (Å²) in [5.41, 5.74) is 0.916. The molecule has 0 heterocycles. The molecule has 1 amide bonds. The number of nitrogens with one attached hydrogen (secondary N) is 2. The van der Waals surface area contributed by atoms with Crippen LogP contribution >= 0.6 is 0 Å². The summed E-state index contributed by atoms with van der Waals surface area (Å²) in [7, 11) is -3.66. The van der Waals surface area contributed by atoms with E-state index in [0.717, 1.165) is 31.4 Å². The van der Waals surface area contributed by atoms with Crippen molar-refractivity contribution < 1.29 is 17.9 Å². The molecule has 2 aliphatic rings. The summed E-state index contributed by atoms with van der Waals surface area (Å²) in [6.07, 6.45) is 4.43. The normalized spacial score (nSPS) is 16.7. The molecule has 0 unspecified atom stereocenters. The summed E-state index contributed by atoms with van der Waals surface area (Å²) in [5, 5.41) is 2.80. The van der Waals surface area contributed by atoms with Gasteiger partial charge in [0.15, 0.2) is 0 Å². The number of anilines is 1. The quantitative estimate of drug-likeness (QED) is 0.627. The number of carbonyl (C=O) groups is 1. The zero-order chi connectivity index (χ0) is 21.3. The van der Waals surface area contributed by atoms with Crippen LogP contribution in [0, 0.1) is 11.8 Å². The second kappa shape index (κ2) is 8.40. The van der Waals surface area contributed by atoms with E-state index in [-0.39, 0.29) is 22.9 Å². The van der Waals surface area contributed by atoms with Crippen LogP contribution in [0.25, 0.3) is 0 Å². The zero-order valence-corrected chi connectivity index (χ0v) is 18.1. The van der Waals surface area contributed by atoms with Gasteiger partial charge in [-0.05, 0) is 93.8 Å². The molecule has 2 aromatic carbocycles. The highest BCUT2D eigenvalue weighted by atomic mass is 32.2. The minimum absolute atomic E-state index is 0.0269. The second-order valence-electron chi connectivity index (χ2n) is 8.49. The summed E-state index contributed by atoms with van der Waals surface area (Å²) >= 11 is 0. The summed E-state index contributed by atoms with van der Waals surface area (Å²) in [6, 6.07) is 13.3. The van der Waals surface area contributed by atoms with E-state index in [1.54, 1.807) is 36.4 Å². The second-order valence-corrected chi connectivity index (χ2v) is 10.2. The molecule has 4 rings (SSSR count). The van der Waals surface area contributed by atoms with E-state index in [1.165, 1.54) is 12.1 Å². The highest BCUT2D eigenvalue weighted by molar-refractivity contribution is 7.89. The maximum absolute atomic E-state index is 12.9. The Kier molecular flexibility index (Phi) is 5.84. The van der Waals surface area contributed by atoms with E-state index in [9.17, 15) is 13.2 Å². The molecule has 2 N–H and O–H groups in total. The molecular weight excluding hydrogens is 400 g/mol. The lowest BCUT2D eigenvalue weighted by atomic mass is 10.1. The van der Waals surface area contributed by atoms with Gasteiger partial charge in [-0.3, -0.25) is 4.79 Å². The zero-order valence-electron chi connectivity index (χ0n) is 17.3. The smallest absolute Gasteiger partial charge is 0.255 e. The molecule has 2 aliphatic carbocycles. The monoisotopic (exact) mass is 428 g/mol. The Bertz CT molecular complexity index is 998. The molecule has 0 aromatic heterocycles. The van der Waals surface area contributed by atoms with Crippen LogP contribution in [-0.4, -0.2) is 26.5 Å². The van der Waals surface area contributed by atoms with Crippen molar-refractivity contribution in [1.29, 1.82) is 0 Å². The molecule has 0 spiro atoms. The number of amides is 1. The van der Waals surface area contributed by atoms with Crippen LogP contribution in [0.4, 0.5) is 5.69 Å². The first-order valence-electron chi connectivity index (χ1n) is 10.5. The fraction of sp³-hybridized carbons (Fsp3) is 0.435. The van der Waals surface area contributed by atoms with Gasteiger partial charge in [-0.1, -0.05) is 6.07 Å². The lowest BCUT2D eigenvalue weighted by molar-refractivity contribution is 0.102. The standard InChI is InChI=1S/C23H28N2O4S/c1-15(2)29-20-12-10-19(11-13-20)24-23(26)18-4-3-5-21(14-18)30(27,28)25-22(16-6-7-16)17-8-9-17/h3-5,10-17,22,25H,6-9H2,1-2H3,(H,24,26). The summed E-state index contributed by atoms with van der Waals surface area (Å²) in [4.78, 5) is 12.8. The third kappa shape index (κ3) is 5.21. The lowest BCUT2D eigenvalue weighted by Crippen LogP contribution is -2.38. The van der Waals surface area contributed by atoms with Crippen LogP contribution < -0.4 is 14.8 Å². The van der Waals surface area contributed by atoms with Crippen molar-refractivity contribution in [2.75, 3.05) is 5.32 Å². The molecule has 0 atom stereocenters. The Labute approximate surface area is 178 Å². The predicted octanol–water partition coefficient (Wildman–Crippen LogP) is 4.19. The van der Waals surface area contributed by atoms with Gasteiger partial charge in [-0.2, -0.15) is 0 Å². The van der Waals surface area contributed by atoms with Gasteiger partial charge < -0.3 is 10.1 Å². The first kappa shape index (κ1) is 20.9. The maximum Gasteiger partial charge on any atom is 0.255 e. The van der Waals surface area contributed by atoms with Crippen LogP contribution in [0.1, 0.15) is 49.9 Å². The van der Waals surface area contributed by atoms with E-state index in [4.69, 9.17) is 4.74 Å². The van der Waals surface area contributed by atoms with Gasteiger partial charge in [-0.25, -0.2) is 13.1 Å². The van der Waals surface area contributed by atoms with Gasteiger partial charge in [0.25, 0.3) is 5.91 Å². The fourth-order valence-electron chi connectivity index (χ4n) is 3.63. The predicted molar refractivity (Wildman–Crippen MR) is 116 cm³/mol. The van der Waals surface area contributed by atoms with E-state index in [0.29, 0.717) is 23.1 Å². The van der Waals surface area contributed by atoms with E-state index < -0.39 is 10.0 Å². The summed E-state index contributed by atoms with van der Waals surface area (Å²) in [5.74, 6) is 1.29. The minimum atomic E-state index is -3.66. The Morgan fingerprint density at radius 2 is 1.63 bits per heavy atom. The van der Waals surface area contributed by atoms with Crippen LogP contribution in [0.5, 0.6) is 5.75 Å². The highest BCUT2D eigenvalue weighted by Gasteiger charge is 2.43. The minimum Gasteiger partial charge on any atom is -0.491 e. The van der Waals surface area contributed by atoms with Crippen molar-refractivity contribution >= 4 is 21.6 Å². The first-order valence-corrected chi connectivity index (χ1v) is 12.0. The van der Waals surface area contributed by atoms with E-state index in [1.807, 2.05) is 13.8 Å². The van der Waals surface area contributed by atoms with Gasteiger partial charge in [-0.15, -0.1) is 0 Å². The van der Waals surface area contributed by atoms with Crippen LogP contribution in [-0.2, 0) is 10.0 Å². The van der Waals surface area contributed by atoms with Crippen molar-refractivity contribution in [2.45, 2.75) is 56.6 Å². The molecule has 6 nitrogen and oxygen atoms in total. The number of ether oxygens (including phenoxy) is 1. The average molecular weight is 429 g/mol. The van der Waals surface area contributed by atoms with E-state index in [2.05, 4.69) is 10.0 Å². The molecule has 2 saturated carbocycles. The Morgan fingerprint density at radius 1 is 1.00 bits per heavy atom. The largest absolute Gasteiger partial charge is 0.491 e. The SMILES string of the molecule is CC(C)Oc1ccc(NC(=O)c2cccc(S(=O)(=O)NC(C3CC3)C3CC3)c2)cc1. The molecule has 0 bridgehead atoms. The lowest BCUT2D eigenvalue weighted by Gasteiger charge is -2.18. The number of hydrogen-bond acceptors (Lipinski definition) is 4. The van der Waals surface area contributed by atoms with Gasteiger partial charge in [0.2, 0.25) is 10.0 Å². The van der Waals surface area contributed by atoms with Crippen LogP contribution in [0.2, 0.25) is 0 Å². The first-order chi connectivity index (χ1) is 14.3. The number of benzene rings is 2. The van der Waals surface area contributed by atoms with Crippen molar-refractivity contribution in [3.05, 3.63) is 54.1 Å². The topological polar surface area (TPSA) is 84.5 Å². The van der Waals surface area contributed by atoms with Gasteiger partial charge >= 0.3 is 0 Å². The highest BCUT2D eigenvalue weighted by Crippen LogP contribution is 2.45. The van der Waals surface area contributed by atoms with E-state index >= 15 is 0 Å². The van der Waals surface area contributed by atoms with Gasteiger partial charge in [0, 0.05) is 17.3 Å². The third-order valence-corrected chi connectivity index (χ3v) is 6.90. The molecule has 0 radical (unpaired) electrons. The molecule has 30 heavy (non-hydrogen) atoms. The fourth-order valence-corrected chi connectivity index (χ4v) is 5.05. The van der Waals surface area contributed by atoms with Crippen molar-refractivity contribution in [3.8, 4) is 5.75 Å². The molecule has 160 valence electrons. The molecule has 2 aromatic rings. The molecule has 7 heteroatoms. The Balaban J connectivity index is 1.45. The maximum atomic E-state index is 12.9. The van der Waals surface area contributed by atoms with Gasteiger partial charge in [0.05, 0.1) is 11.0 Å². The van der Waals surface area contributed by atoms with Crippen molar-refractivity contribution in [3.63, 3.8) is 0 Å².